The number of rotatable bonds is 7. The van der Waals surface area contributed by atoms with E-state index in [1.165, 1.54) is 5.56 Å². The maximum absolute atomic E-state index is 5.22. The summed E-state index contributed by atoms with van der Waals surface area (Å²) in [6.45, 7) is 5.02. The molecule has 2 aromatic rings. The standard InChI is InChI=1S/C14H21N5O/c1-4-13(9-20-3)16-11(2)12-6-5-7-14(8-12)19-10-15-17-18-19/h5-8,10-11,13,16H,4,9H2,1-3H3. The minimum absolute atomic E-state index is 0.242. The molecule has 1 N–H and O–H groups in total. The molecule has 0 fully saturated rings. The first-order valence-electron chi connectivity index (χ1n) is 6.83. The fourth-order valence-corrected chi connectivity index (χ4v) is 2.15. The van der Waals surface area contributed by atoms with Gasteiger partial charge >= 0.3 is 0 Å². The van der Waals surface area contributed by atoms with Crippen LogP contribution >= 0.6 is 0 Å². The van der Waals surface area contributed by atoms with Crippen LogP contribution in [0.25, 0.3) is 5.69 Å². The van der Waals surface area contributed by atoms with Gasteiger partial charge in [-0.05, 0) is 41.5 Å². The quantitative estimate of drug-likeness (QED) is 0.833. The Bertz CT molecular complexity index is 514. The summed E-state index contributed by atoms with van der Waals surface area (Å²) in [4.78, 5) is 0. The number of methoxy groups -OCH3 is 1. The summed E-state index contributed by atoms with van der Waals surface area (Å²) in [5, 5.41) is 14.8. The second-order valence-electron chi connectivity index (χ2n) is 4.80. The molecule has 0 aliphatic rings. The molecule has 0 saturated carbocycles. The summed E-state index contributed by atoms with van der Waals surface area (Å²) < 4.78 is 6.88. The predicted molar refractivity (Wildman–Crippen MR) is 76.7 cm³/mol. The molecule has 6 nitrogen and oxygen atoms in total. The Morgan fingerprint density at radius 2 is 2.25 bits per heavy atom. The lowest BCUT2D eigenvalue weighted by Gasteiger charge is -2.22. The smallest absolute Gasteiger partial charge is 0.143 e. The van der Waals surface area contributed by atoms with Gasteiger partial charge in [0.15, 0.2) is 0 Å². The van der Waals surface area contributed by atoms with E-state index in [-0.39, 0.29) is 6.04 Å². The number of hydrogen-bond donors (Lipinski definition) is 1. The normalized spacial score (nSPS) is 14.2. The number of benzene rings is 1. The molecule has 0 spiro atoms. The van der Waals surface area contributed by atoms with Gasteiger partial charge in [-0.2, -0.15) is 0 Å². The maximum Gasteiger partial charge on any atom is 0.143 e. The first-order chi connectivity index (χ1) is 9.74. The molecule has 1 aromatic carbocycles. The molecule has 2 rings (SSSR count). The van der Waals surface area contributed by atoms with Crippen LogP contribution in [-0.2, 0) is 4.74 Å². The van der Waals surface area contributed by atoms with Crippen LogP contribution in [-0.4, -0.2) is 40.0 Å². The SMILES string of the molecule is CCC(COC)NC(C)c1cccc(-n2cnnn2)c1. The van der Waals surface area contributed by atoms with Crippen molar-refractivity contribution >= 4 is 0 Å². The fourth-order valence-electron chi connectivity index (χ4n) is 2.15. The van der Waals surface area contributed by atoms with Gasteiger partial charge in [0.05, 0.1) is 12.3 Å². The van der Waals surface area contributed by atoms with E-state index in [0.717, 1.165) is 12.1 Å². The largest absolute Gasteiger partial charge is 0.383 e. The van der Waals surface area contributed by atoms with Gasteiger partial charge in [0.25, 0.3) is 0 Å². The second-order valence-corrected chi connectivity index (χ2v) is 4.80. The molecule has 0 radical (unpaired) electrons. The van der Waals surface area contributed by atoms with Crippen molar-refractivity contribution in [1.29, 1.82) is 0 Å². The van der Waals surface area contributed by atoms with Gasteiger partial charge in [-0.15, -0.1) is 5.10 Å². The van der Waals surface area contributed by atoms with Crippen molar-refractivity contribution in [2.45, 2.75) is 32.4 Å². The highest BCUT2D eigenvalue weighted by Crippen LogP contribution is 2.17. The van der Waals surface area contributed by atoms with E-state index < -0.39 is 0 Å². The molecule has 20 heavy (non-hydrogen) atoms. The van der Waals surface area contributed by atoms with Crippen molar-refractivity contribution in [3.05, 3.63) is 36.2 Å². The van der Waals surface area contributed by atoms with Crippen LogP contribution in [0, 0.1) is 0 Å². The van der Waals surface area contributed by atoms with Crippen LogP contribution in [0.1, 0.15) is 31.9 Å². The Kier molecular flexibility index (Phi) is 5.20. The Morgan fingerprint density at radius 1 is 1.40 bits per heavy atom. The Balaban J connectivity index is 2.10. The zero-order valence-electron chi connectivity index (χ0n) is 12.2. The van der Waals surface area contributed by atoms with Crippen LogP contribution in [0.2, 0.25) is 0 Å². The molecule has 6 heteroatoms. The first-order valence-corrected chi connectivity index (χ1v) is 6.83. The summed E-state index contributed by atoms with van der Waals surface area (Å²) in [7, 11) is 1.73. The molecule has 2 unspecified atom stereocenters. The van der Waals surface area contributed by atoms with Gasteiger partial charge < -0.3 is 10.1 Å². The van der Waals surface area contributed by atoms with Crippen molar-refractivity contribution in [3.63, 3.8) is 0 Å². The molecule has 1 aromatic heterocycles. The molecule has 0 aliphatic heterocycles. The molecule has 0 amide bonds. The number of aromatic nitrogens is 4. The average Bonchev–Trinajstić information content (AvgIpc) is 3.01. The number of nitrogens with zero attached hydrogens (tertiary/aromatic N) is 4. The summed E-state index contributed by atoms with van der Waals surface area (Å²) in [6, 6.07) is 8.79. The lowest BCUT2D eigenvalue weighted by molar-refractivity contribution is 0.159. The van der Waals surface area contributed by atoms with E-state index in [9.17, 15) is 0 Å². The molecule has 2 atom stereocenters. The Morgan fingerprint density at radius 3 is 2.90 bits per heavy atom. The fraction of sp³-hybridized carbons (Fsp3) is 0.500. The van der Waals surface area contributed by atoms with Gasteiger partial charge in [0.2, 0.25) is 0 Å². The molecule has 108 valence electrons. The van der Waals surface area contributed by atoms with Gasteiger partial charge in [-0.3, -0.25) is 0 Å². The van der Waals surface area contributed by atoms with Crippen molar-refractivity contribution < 1.29 is 4.74 Å². The minimum Gasteiger partial charge on any atom is -0.383 e. The van der Waals surface area contributed by atoms with E-state index in [2.05, 4.69) is 46.8 Å². The number of nitrogens with one attached hydrogen (secondary N) is 1. The van der Waals surface area contributed by atoms with Crippen LogP contribution in [0.15, 0.2) is 30.6 Å². The average molecular weight is 275 g/mol. The van der Waals surface area contributed by atoms with Crippen molar-refractivity contribution in [3.8, 4) is 5.69 Å². The minimum atomic E-state index is 0.242. The third-order valence-corrected chi connectivity index (χ3v) is 3.33. The van der Waals surface area contributed by atoms with Gasteiger partial charge in [-0.1, -0.05) is 19.1 Å². The lowest BCUT2D eigenvalue weighted by Crippen LogP contribution is -2.34. The van der Waals surface area contributed by atoms with Gasteiger partial charge in [0.1, 0.15) is 6.33 Å². The second kappa shape index (κ2) is 7.12. The maximum atomic E-state index is 5.22. The van der Waals surface area contributed by atoms with Gasteiger partial charge in [-0.25, -0.2) is 4.68 Å². The van der Waals surface area contributed by atoms with Crippen LogP contribution in [0.3, 0.4) is 0 Å². The zero-order valence-corrected chi connectivity index (χ0v) is 12.2. The topological polar surface area (TPSA) is 64.9 Å². The molecule has 0 saturated heterocycles. The Hall–Kier alpha value is -1.79. The highest BCUT2D eigenvalue weighted by atomic mass is 16.5. The molecular weight excluding hydrogens is 254 g/mol. The number of tetrazole rings is 1. The summed E-state index contributed by atoms with van der Waals surface area (Å²) in [6.07, 6.45) is 2.63. The van der Waals surface area contributed by atoms with Gasteiger partial charge in [0, 0.05) is 19.2 Å². The monoisotopic (exact) mass is 275 g/mol. The molecule has 0 bridgehead atoms. The van der Waals surface area contributed by atoms with E-state index >= 15 is 0 Å². The van der Waals surface area contributed by atoms with Crippen molar-refractivity contribution in [2.24, 2.45) is 0 Å². The lowest BCUT2D eigenvalue weighted by atomic mass is 10.1. The van der Waals surface area contributed by atoms with Crippen LogP contribution < -0.4 is 5.32 Å². The van der Waals surface area contributed by atoms with E-state index in [4.69, 9.17) is 4.74 Å². The highest BCUT2D eigenvalue weighted by molar-refractivity contribution is 5.35. The summed E-state index contributed by atoms with van der Waals surface area (Å²) >= 11 is 0. The third kappa shape index (κ3) is 3.61. The van der Waals surface area contributed by atoms with Crippen molar-refractivity contribution in [1.82, 2.24) is 25.5 Å². The van der Waals surface area contributed by atoms with E-state index in [0.29, 0.717) is 12.6 Å². The van der Waals surface area contributed by atoms with Crippen LogP contribution in [0.4, 0.5) is 0 Å². The van der Waals surface area contributed by atoms with Crippen LogP contribution in [0.5, 0.6) is 0 Å². The molecule has 0 aliphatic carbocycles. The zero-order chi connectivity index (χ0) is 14.4. The summed E-state index contributed by atoms with van der Waals surface area (Å²) in [5.41, 5.74) is 2.16. The number of ether oxygens (including phenoxy) is 1. The summed E-state index contributed by atoms with van der Waals surface area (Å²) in [5.74, 6) is 0. The Labute approximate surface area is 119 Å². The highest BCUT2D eigenvalue weighted by Gasteiger charge is 2.12. The van der Waals surface area contributed by atoms with E-state index in [1.54, 1.807) is 18.1 Å². The number of hydrogen-bond acceptors (Lipinski definition) is 5. The first kappa shape index (κ1) is 14.6. The third-order valence-electron chi connectivity index (χ3n) is 3.33. The van der Waals surface area contributed by atoms with Crippen molar-refractivity contribution in [2.75, 3.05) is 13.7 Å². The predicted octanol–water partition coefficient (Wildman–Crippen LogP) is 1.74. The van der Waals surface area contributed by atoms with E-state index in [1.807, 2.05) is 12.1 Å². The molecule has 1 heterocycles. The molecular formula is C14H21N5O.